The first-order valence-corrected chi connectivity index (χ1v) is 6.96. The predicted molar refractivity (Wildman–Crippen MR) is 54.9 cm³/mol. The van der Waals surface area contributed by atoms with Crippen LogP contribution in [-0.4, -0.2) is 8.83 Å². The maximum Gasteiger partial charge on any atom is 0.136 e. The second kappa shape index (κ2) is 3.16. The van der Waals surface area contributed by atoms with Gasteiger partial charge in [0.1, 0.15) is 8.83 Å². The van der Waals surface area contributed by atoms with Gasteiger partial charge in [-0.05, 0) is 38.8 Å². The van der Waals surface area contributed by atoms with Crippen LogP contribution in [0.2, 0.25) is 5.54 Å². The lowest BCUT2D eigenvalue weighted by molar-refractivity contribution is 1.12. The average Bonchev–Trinajstić information content (AvgIpc) is 2.17. The third kappa shape index (κ3) is 1.32. The fraction of sp³-hybridized carbons (Fsp3) is 0.556. The molecule has 2 heteroatoms. The van der Waals surface area contributed by atoms with Crippen molar-refractivity contribution in [2.45, 2.75) is 33.2 Å². The molecule has 1 aliphatic rings. The van der Waals surface area contributed by atoms with Gasteiger partial charge >= 0.3 is 0 Å². The fourth-order valence-electron chi connectivity index (χ4n) is 1.67. The van der Waals surface area contributed by atoms with E-state index in [1.807, 2.05) is 0 Å². The monoisotopic (exact) mass is 186 g/mol. The Kier molecular flexibility index (Phi) is 2.60. The molecule has 0 nitrogen and oxygen atoms in total. The Bertz CT molecular complexity index is 214. The summed E-state index contributed by atoms with van der Waals surface area (Å²) in [4.78, 5) is 0. The third-order valence-corrected chi connectivity index (χ3v) is 5.40. The Morgan fingerprint density at radius 3 is 1.55 bits per heavy atom. The van der Waals surface area contributed by atoms with Crippen molar-refractivity contribution in [1.29, 1.82) is 0 Å². The highest BCUT2D eigenvalue weighted by Crippen LogP contribution is 2.40. The maximum absolute atomic E-state index is 6.00. The van der Waals surface area contributed by atoms with E-state index in [-0.39, 0.29) is 0 Å². The summed E-state index contributed by atoms with van der Waals surface area (Å²) in [6.07, 6.45) is 0. The fourth-order valence-corrected chi connectivity index (χ4v) is 4.13. The van der Waals surface area contributed by atoms with Gasteiger partial charge in [0.25, 0.3) is 0 Å². The Hall–Kier alpha value is -0.0131. The summed E-state index contributed by atoms with van der Waals surface area (Å²) in [5.74, 6) is 0. The van der Waals surface area contributed by atoms with E-state index >= 15 is 0 Å². The molecule has 0 aromatic rings. The molecule has 0 unspecified atom stereocenters. The normalized spacial score (nSPS) is 21.5. The van der Waals surface area contributed by atoms with Gasteiger partial charge in [0.05, 0.1) is 0 Å². The predicted octanol–water partition coefficient (Wildman–Crippen LogP) is 2.78. The molecule has 0 aromatic carbocycles. The molecule has 0 heterocycles. The molecule has 11 heavy (non-hydrogen) atoms. The van der Waals surface area contributed by atoms with Gasteiger partial charge < -0.3 is 0 Å². The minimum atomic E-state index is -0.412. The number of allylic oxidation sites excluding steroid dienone is 4. The summed E-state index contributed by atoms with van der Waals surface area (Å²) in [7, 11) is -0.412. The summed E-state index contributed by atoms with van der Waals surface area (Å²) in [5.41, 5.74) is 6.63. The highest BCUT2D eigenvalue weighted by Gasteiger charge is 2.23. The lowest BCUT2D eigenvalue weighted by Gasteiger charge is -2.08. The van der Waals surface area contributed by atoms with Gasteiger partial charge in [-0.25, -0.2) is 0 Å². The number of hydrogen-bond donors (Lipinski definition) is 0. The Morgan fingerprint density at radius 1 is 1.00 bits per heavy atom. The first kappa shape index (κ1) is 9.08. The SMILES string of the molecule is CC1=C(C)C([SiH2]Cl)C(C)=C1C. The van der Waals surface area contributed by atoms with Gasteiger partial charge in [0, 0.05) is 5.54 Å². The third-order valence-electron chi connectivity index (χ3n) is 2.95. The minimum absolute atomic E-state index is 0.412. The largest absolute Gasteiger partial charge is 0.175 e. The molecule has 0 saturated carbocycles. The highest BCUT2D eigenvalue weighted by atomic mass is 35.6. The summed E-state index contributed by atoms with van der Waals surface area (Å²) < 4.78 is 0. The van der Waals surface area contributed by atoms with Crippen molar-refractivity contribution in [2.75, 3.05) is 0 Å². The van der Waals surface area contributed by atoms with Crippen LogP contribution >= 0.6 is 11.1 Å². The Labute approximate surface area is 75.9 Å². The smallest absolute Gasteiger partial charge is 0.136 e. The summed E-state index contributed by atoms with van der Waals surface area (Å²) in [6.45, 7) is 8.84. The summed E-state index contributed by atoms with van der Waals surface area (Å²) in [5, 5.41) is 0. The molecular weight excluding hydrogens is 172 g/mol. The van der Waals surface area contributed by atoms with Crippen LogP contribution in [0.1, 0.15) is 27.7 Å². The van der Waals surface area contributed by atoms with Crippen LogP contribution in [0.15, 0.2) is 22.3 Å². The molecule has 0 fully saturated rings. The van der Waals surface area contributed by atoms with Crippen molar-refractivity contribution < 1.29 is 0 Å². The van der Waals surface area contributed by atoms with E-state index in [0.717, 1.165) is 0 Å². The molecule has 0 atom stereocenters. The van der Waals surface area contributed by atoms with Crippen LogP contribution in [0.25, 0.3) is 0 Å². The molecule has 0 aliphatic heterocycles. The Balaban J connectivity index is 3.04. The first-order chi connectivity index (χ1) is 5.09. The zero-order valence-corrected chi connectivity index (χ0v) is 9.83. The molecule has 0 aromatic heterocycles. The second-order valence-corrected chi connectivity index (χ2v) is 5.37. The molecular formula is C9H15ClSi. The quantitative estimate of drug-likeness (QED) is 0.437. The van der Waals surface area contributed by atoms with Crippen LogP contribution < -0.4 is 0 Å². The maximum atomic E-state index is 6.00. The summed E-state index contributed by atoms with van der Waals surface area (Å²) in [6, 6.07) is 0. The van der Waals surface area contributed by atoms with Gasteiger partial charge in [-0.2, -0.15) is 11.1 Å². The van der Waals surface area contributed by atoms with Crippen molar-refractivity contribution in [2.24, 2.45) is 0 Å². The van der Waals surface area contributed by atoms with E-state index < -0.39 is 8.83 Å². The van der Waals surface area contributed by atoms with E-state index in [0.29, 0.717) is 5.54 Å². The topological polar surface area (TPSA) is 0 Å². The van der Waals surface area contributed by atoms with Crippen molar-refractivity contribution >= 4 is 19.9 Å². The van der Waals surface area contributed by atoms with Gasteiger partial charge in [0.15, 0.2) is 0 Å². The second-order valence-electron chi connectivity index (χ2n) is 3.32. The van der Waals surface area contributed by atoms with Gasteiger partial charge in [-0.1, -0.05) is 11.1 Å². The number of halogens is 1. The lowest BCUT2D eigenvalue weighted by atomic mass is 10.1. The molecule has 1 rings (SSSR count). The number of hydrogen-bond acceptors (Lipinski definition) is 0. The average molecular weight is 187 g/mol. The van der Waals surface area contributed by atoms with E-state index in [2.05, 4.69) is 27.7 Å². The van der Waals surface area contributed by atoms with Crippen LogP contribution in [-0.2, 0) is 0 Å². The minimum Gasteiger partial charge on any atom is -0.175 e. The molecule has 0 amide bonds. The summed E-state index contributed by atoms with van der Waals surface area (Å²) >= 11 is 6.00. The number of rotatable bonds is 1. The van der Waals surface area contributed by atoms with Gasteiger partial charge in [-0.3, -0.25) is 0 Å². The van der Waals surface area contributed by atoms with Crippen LogP contribution in [0.4, 0.5) is 0 Å². The first-order valence-electron chi connectivity index (χ1n) is 4.00. The van der Waals surface area contributed by atoms with Crippen LogP contribution in [0.5, 0.6) is 0 Å². The van der Waals surface area contributed by atoms with Crippen LogP contribution in [0.3, 0.4) is 0 Å². The van der Waals surface area contributed by atoms with Crippen LogP contribution in [0, 0.1) is 0 Å². The van der Waals surface area contributed by atoms with Crippen molar-refractivity contribution in [3.8, 4) is 0 Å². The highest BCUT2D eigenvalue weighted by molar-refractivity contribution is 6.95. The van der Waals surface area contributed by atoms with E-state index in [1.165, 1.54) is 22.3 Å². The zero-order chi connectivity index (χ0) is 8.59. The lowest BCUT2D eigenvalue weighted by Crippen LogP contribution is -1.97. The molecule has 0 spiro atoms. The van der Waals surface area contributed by atoms with Gasteiger partial charge in [-0.15, -0.1) is 0 Å². The van der Waals surface area contributed by atoms with Gasteiger partial charge in [0.2, 0.25) is 0 Å². The van der Waals surface area contributed by atoms with E-state index in [4.69, 9.17) is 11.1 Å². The van der Waals surface area contributed by atoms with Crippen molar-refractivity contribution in [3.05, 3.63) is 22.3 Å². The zero-order valence-electron chi connectivity index (χ0n) is 7.66. The van der Waals surface area contributed by atoms with E-state index in [9.17, 15) is 0 Å². The molecule has 0 N–H and O–H groups in total. The standard InChI is InChI=1S/C9H15ClSi/c1-5-6(2)8(4)9(11-10)7(5)3/h9H,11H2,1-4H3. The molecule has 1 aliphatic carbocycles. The molecule has 0 saturated heterocycles. The molecule has 0 radical (unpaired) electrons. The van der Waals surface area contributed by atoms with Crippen molar-refractivity contribution in [3.63, 3.8) is 0 Å². The van der Waals surface area contributed by atoms with Crippen molar-refractivity contribution in [1.82, 2.24) is 0 Å². The Morgan fingerprint density at radius 2 is 1.36 bits per heavy atom. The molecule has 0 bridgehead atoms. The molecule has 62 valence electrons. The van der Waals surface area contributed by atoms with E-state index in [1.54, 1.807) is 0 Å².